The van der Waals surface area contributed by atoms with E-state index in [0.717, 1.165) is 6.54 Å². The highest BCUT2D eigenvalue weighted by Gasteiger charge is 2.20. The number of carbonyl (C=O) groups is 1. The van der Waals surface area contributed by atoms with Crippen LogP contribution in [0.15, 0.2) is 0 Å². The number of piperazine rings is 1. The van der Waals surface area contributed by atoms with Crippen LogP contribution in [0, 0.1) is 11.8 Å². The SMILES string of the molecule is CCN1CCN(CCCN2CCC(CNC(=O)C(C)C)CC2)CC1. The summed E-state index contributed by atoms with van der Waals surface area (Å²) >= 11 is 0. The number of likely N-dealkylation sites (N-methyl/N-ethyl adjacent to an activating group) is 1. The van der Waals surface area contributed by atoms with E-state index in [2.05, 4.69) is 26.9 Å². The lowest BCUT2D eigenvalue weighted by Gasteiger charge is -2.35. The normalized spacial score (nSPS) is 22.2. The average Bonchev–Trinajstić information content (AvgIpc) is 2.61. The number of rotatable bonds is 8. The Morgan fingerprint density at radius 1 is 0.958 bits per heavy atom. The predicted molar refractivity (Wildman–Crippen MR) is 100 cm³/mol. The molecule has 24 heavy (non-hydrogen) atoms. The van der Waals surface area contributed by atoms with Crippen molar-refractivity contribution in [1.82, 2.24) is 20.0 Å². The van der Waals surface area contributed by atoms with Gasteiger partial charge in [0.25, 0.3) is 0 Å². The first-order valence-electron chi connectivity index (χ1n) is 10.0. The van der Waals surface area contributed by atoms with Gasteiger partial charge in [0.05, 0.1) is 0 Å². The summed E-state index contributed by atoms with van der Waals surface area (Å²) in [4.78, 5) is 19.4. The smallest absolute Gasteiger partial charge is 0.222 e. The van der Waals surface area contributed by atoms with Crippen molar-refractivity contribution in [3.05, 3.63) is 0 Å². The lowest BCUT2D eigenvalue weighted by atomic mass is 9.96. The molecule has 2 aliphatic heterocycles. The van der Waals surface area contributed by atoms with E-state index < -0.39 is 0 Å². The van der Waals surface area contributed by atoms with Crippen LogP contribution in [-0.4, -0.2) is 86.1 Å². The zero-order valence-electron chi connectivity index (χ0n) is 16.1. The van der Waals surface area contributed by atoms with Gasteiger partial charge in [-0.1, -0.05) is 20.8 Å². The zero-order valence-corrected chi connectivity index (χ0v) is 16.1. The average molecular weight is 339 g/mol. The largest absolute Gasteiger partial charge is 0.356 e. The van der Waals surface area contributed by atoms with E-state index in [-0.39, 0.29) is 11.8 Å². The molecule has 2 saturated heterocycles. The molecule has 0 aromatic heterocycles. The van der Waals surface area contributed by atoms with Crippen LogP contribution in [0.3, 0.4) is 0 Å². The molecule has 0 aromatic carbocycles. The second kappa shape index (κ2) is 10.4. The minimum Gasteiger partial charge on any atom is -0.356 e. The van der Waals surface area contributed by atoms with Gasteiger partial charge in [0.15, 0.2) is 0 Å². The van der Waals surface area contributed by atoms with E-state index in [1.807, 2.05) is 13.8 Å². The van der Waals surface area contributed by atoms with Crippen LogP contribution in [-0.2, 0) is 4.79 Å². The van der Waals surface area contributed by atoms with Crippen molar-refractivity contribution in [2.45, 2.75) is 40.0 Å². The number of carbonyl (C=O) groups excluding carboxylic acids is 1. The van der Waals surface area contributed by atoms with Gasteiger partial charge in [-0.15, -0.1) is 0 Å². The standard InChI is InChI=1S/C19H38N4O/c1-4-21-12-14-23(15-13-21)9-5-8-22-10-6-18(7-11-22)16-20-19(24)17(2)3/h17-18H,4-16H2,1-3H3,(H,20,24). The molecule has 5 heteroatoms. The molecular weight excluding hydrogens is 300 g/mol. The van der Waals surface area contributed by atoms with Gasteiger partial charge in [0.2, 0.25) is 5.91 Å². The van der Waals surface area contributed by atoms with Crippen LogP contribution in [0.2, 0.25) is 0 Å². The number of nitrogens with one attached hydrogen (secondary N) is 1. The summed E-state index contributed by atoms with van der Waals surface area (Å²) < 4.78 is 0. The molecule has 0 radical (unpaired) electrons. The van der Waals surface area contributed by atoms with E-state index in [0.29, 0.717) is 5.92 Å². The van der Waals surface area contributed by atoms with Crippen molar-refractivity contribution in [3.8, 4) is 0 Å². The van der Waals surface area contributed by atoms with Gasteiger partial charge in [0, 0.05) is 38.6 Å². The number of hydrogen-bond acceptors (Lipinski definition) is 4. The van der Waals surface area contributed by atoms with Gasteiger partial charge in [-0.25, -0.2) is 0 Å². The molecule has 1 N–H and O–H groups in total. The molecule has 0 atom stereocenters. The van der Waals surface area contributed by atoms with Gasteiger partial charge < -0.3 is 20.0 Å². The van der Waals surface area contributed by atoms with Gasteiger partial charge >= 0.3 is 0 Å². The minimum atomic E-state index is 0.101. The van der Waals surface area contributed by atoms with Gasteiger partial charge in [-0.05, 0) is 57.9 Å². The number of nitrogens with zero attached hydrogens (tertiary/aromatic N) is 3. The predicted octanol–water partition coefficient (Wildman–Crippen LogP) is 1.50. The Morgan fingerprint density at radius 2 is 1.50 bits per heavy atom. The van der Waals surface area contributed by atoms with Crippen molar-refractivity contribution in [1.29, 1.82) is 0 Å². The maximum Gasteiger partial charge on any atom is 0.222 e. The third kappa shape index (κ3) is 6.69. The molecule has 0 unspecified atom stereocenters. The molecule has 2 rings (SSSR count). The minimum absolute atomic E-state index is 0.101. The zero-order chi connectivity index (χ0) is 17.4. The van der Waals surface area contributed by atoms with E-state index >= 15 is 0 Å². The van der Waals surface area contributed by atoms with Crippen LogP contribution in [0.5, 0.6) is 0 Å². The molecule has 0 bridgehead atoms. The van der Waals surface area contributed by atoms with Crippen molar-refractivity contribution in [2.75, 3.05) is 65.4 Å². The fraction of sp³-hybridized carbons (Fsp3) is 0.947. The molecule has 140 valence electrons. The molecule has 2 heterocycles. The molecule has 0 aromatic rings. The van der Waals surface area contributed by atoms with Crippen LogP contribution in [0.4, 0.5) is 0 Å². The lowest BCUT2D eigenvalue weighted by Crippen LogP contribution is -2.47. The first-order valence-corrected chi connectivity index (χ1v) is 10.0. The van der Waals surface area contributed by atoms with Crippen LogP contribution < -0.4 is 5.32 Å². The third-order valence-corrected chi connectivity index (χ3v) is 5.66. The van der Waals surface area contributed by atoms with Crippen LogP contribution in [0.1, 0.15) is 40.0 Å². The number of hydrogen-bond donors (Lipinski definition) is 1. The van der Waals surface area contributed by atoms with Gasteiger partial charge in [-0.3, -0.25) is 4.79 Å². The highest BCUT2D eigenvalue weighted by Crippen LogP contribution is 2.17. The summed E-state index contributed by atoms with van der Waals surface area (Å²) in [6.07, 6.45) is 3.75. The monoisotopic (exact) mass is 338 g/mol. The Morgan fingerprint density at radius 3 is 2.04 bits per heavy atom. The summed E-state index contributed by atoms with van der Waals surface area (Å²) in [5.74, 6) is 0.968. The molecule has 5 nitrogen and oxygen atoms in total. The Kier molecular flexibility index (Phi) is 8.50. The molecule has 1 amide bonds. The van der Waals surface area contributed by atoms with E-state index in [9.17, 15) is 4.79 Å². The molecule has 0 saturated carbocycles. The fourth-order valence-corrected chi connectivity index (χ4v) is 3.71. The topological polar surface area (TPSA) is 38.8 Å². The van der Waals surface area contributed by atoms with E-state index in [1.54, 1.807) is 0 Å². The maximum atomic E-state index is 11.7. The summed E-state index contributed by atoms with van der Waals surface area (Å²) in [6.45, 7) is 18.1. The summed E-state index contributed by atoms with van der Waals surface area (Å²) in [6, 6.07) is 0. The van der Waals surface area contributed by atoms with Crippen molar-refractivity contribution in [2.24, 2.45) is 11.8 Å². The Hall–Kier alpha value is -0.650. The van der Waals surface area contributed by atoms with E-state index in [4.69, 9.17) is 0 Å². The van der Waals surface area contributed by atoms with Crippen molar-refractivity contribution < 1.29 is 4.79 Å². The van der Waals surface area contributed by atoms with Crippen molar-refractivity contribution in [3.63, 3.8) is 0 Å². The van der Waals surface area contributed by atoms with Gasteiger partial charge in [-0.2, -0.15) is 0 Å². The quantitative estimate of drug-likeness (QED) is 0.728. The Bertz CT molecular complexity index is 358. The number of amides is 1. The molecular formula is C19H38N4O. The summed E-state index contributed by atoms with van der Waals surface area (Å²) in [7, 11) is 0. The molecule has 2 aliphatic rings. The lowest BCUT2D eigenvalue weighted by molar-refractivity contribution is -0.124. The van der Waals surface area contributed by atoms with E-state index in [1.165, 1.54) is 78.2 Å². The number of piperidine rings is 1. The fourth-order valence-electron chi connectivity index (χ4n) is 3.71. The van der Waals surface area contributed by atoms with Crippen LogP contribution >= 0.6 is 0 Å². The summed E-state index contributed by atoms with van der Waals surface area (Å²) in [5, 5.41) is 3.09. The highest BCUT2D eigenvalue weighted by molar-refractivity contribution is 5.77. The first-order chi connectivity index (χ1) is 11.6. The maximum absolute atomic E-state index is 11.7. The molecule has 2 fully saturated rings. The summed E-state index contributed by atoms with van der Waals surface area (Å²) in [5.41, 5.74) is 0. The first kappa shape index (κ1) is 19.7. The second-order valence-corrected chi connectivity index (χ2v) is 7.81. The van der Waals surface area contributed by atoms with Crippen LogP contribution in [0.25, 0.3) is 0 Å². The molecule has 0 aliphatic carbocycles. The number of likely N-dealkylation sites (tertiary alicyclic amines) is 1. The Balaban J connectivity index is 1.51. The highest BCUT2D eigenvalue weighted by atomic mass is 16.1. The Labute approximate surface area is 148 Å². The second-order valence-electron chi connectivity index (χ2n) is 7.81. The van der Waals surface area contributed by atoms with Crippen molar-refractivity contribution >= 4 is 5.91 Å². The molecule has 0 spiro atoms. The third-order valence-electron chi connectivity index (χ3n) is 5.66. The van der Waals surface area contributed by atoms with Gasteiger partial charge in [0.1, 0.15) is 0 Å².